The van der Waals surface area contributed by atoms with Crippen LogP contribution in [0, 0.1) is 5.82 Å². The van der Waals surface area contributed by atoms with Crippen LogP contribution in [-0.2, 0) is 20.9 Å². The largest absolute Gasteiger partial charge is 0.454 e. The molecule has 3 rings (SSSR count). The van der Waals surface area contributed by atoms with Crippen LogP contribution in [0.1, 0.15) is 0 Å². The third-order valence-corrected chi connectivity index (χ3v) is 3.70. The van der Waals surface area contributed by atoms with Gasteiger partial charge in [-0.3, -0.25) is 4.79 Å². The molecule has 0 saturated carbocycles. The van der Waals surface area contributed by atoms with E-state index in [0.717, 1.165) is 10.4 Å². The van der Waals surface area contributed by atoms with Crippen molar-refractivity contribution in [1.82, 2.24) is 20.2 Å². The SMILES string of the molecule is O=C(COC(=O)Cn1nnc(-c2ccsc2)n1)Nc1ccccc1F. The predicted molar refractivity (Wildman–Crippen MR) is 87.1 cm³/mol. The Labute approximate surface area is 145 Å². The number of benzene rings is 1. The van der Waals surface area contributed by atoms with E-state index >= 15 is 0 Å². The summed E-state index contributed by atoms with van der Waals surface area (Å²) in [7, 11) is 0. The number of tetrazole rings is 1. The molecule has 0 unspecified atom stereocenters. The van der Waals surface area contributed by atoms with Crippen LogP contribution >= 0.6 is 11.3 Å². The van der Waals surface area contributed by atoms with Crippen molar-refractivity contribution in [1.29, 1.82) is 0 Å². The van der Waals surface area contributed by atoms with Gasteiger partial charge < -0.3 is 10.1 Å². The van der Waals surface area contributed by atoms with Crippen LogP contribution in [0.15, 0.2) is 41.1 Å². The number of amides is 1. The average molecular weight is 361 g/mol. The van der Waals surface area contributed by atoms with Gasteiger partial charge in [-0.15, -0.1) is 10.2 Å². The van der Waals surface area contributed by atoms with Gasteiger partial charge in [-0.1, -0.05) is 12.1 Å². The number of carbonyl (C=O) groups is 2. The number of nitrogens with one attached hydrogen (secondary N) is 1. The summed E-state index contributed by atoms with van der Waals surface area (Å²) in [5.41, 5.74) is 0.816. The van der Waals surface area contributed by atoms with E-state index in [1.807, 2.05) is 16.8 Å². The number of ether oxygens (including phenoxy) is 1. The van der Waals surface area contributed by atoms with Crippen molar-refractivity contribution in [3.8, 4) is 11.4 Å². The summed E-state index contributed by atoms with van der Waals surface area (Å²) >= 11 is 1.49. The Hall–Kier alpha value is -3.14. The predicted octanol–water partition coefficient (Wildman–Crippen LogP) is 1.72. The number of anilines is 1. The van der Waals surface area contributed by atoms with Crippen LogP contribution < -0.4 is 5.32 Å². The van der Waals surface area contributed by atoms with E-state index in [4.69, 9.17) is 4.74 Å². The Morgan fingerprint density at radius 1 is 1.28 bits per heavy atom. The summed E-state index contributed by atoms with van der Waals surface area (Å²) in [6.07, 6.45) is 0. The first-order chi connectivity index (χ1) is 12.1. The van der Waals surface area contributed by atoms with Gasteiger partial charge in [0.05, 0.1) is 5.69 Å². The third kappa shape index (κ3) is 4.44. The van der Waals surface area contributed by atoms with E-state index in [1.54, 1.807) is 6.07 Å². The molecule has 0 fully saturated rings. The first kappa shape index (κ1) is 16.7. The van der Waals surface area contributed by atoms with Crippen molar-refractivity contribution in [3.05, 3.63) is 46.9 Å². The van der Waals surface area contributed by atoms with Gasteiger partial charge in [0, 0.05) is 10.9 Å². The Kier molecular flexibility index (Phi) is 5.09. The quantitative estimate of drug-likeness (QED) is 0.671. The van der Waals surface area contributed by atoms with Crippen molar-refractivity contribution in [3.63, 3.8) is 0 Å². The molecule has 1 aromatic carbocycles. The molecular weight excluding hydrogens is 349 g/mol. The number of carbonyl (C=O) groups excluding carboxylic acids is 2. The van der Waals surface area contributed by atoms with E-state index in [0.29, 0.717) is 5.82 Å². The van der Waals surface area contributed by atoms with Crippen molar-refractivity contribution < 1.29 is 18.7 Å². The van der Waals surface area contributed by atoms with Gasteiger partial charge in [0.1, 0.15) is 5.82 Å². The van der Waals surface area contributed by atoms with Crippen molar-refractivity contribution in [2.45, 2.75) is 6.54 Å². The monoisotopic (exact) mass is 361 g/mol. The number of thiophene rings is 1. The molecule has 128 valence electrons. The fraction of sp³-hybridized carbons (Fsp3) is 0.133. The first-order valence-electron chi connectivity index (χ1n) is 7.12. The summed E-state index contributed by atoms with van der Waals surface area (Å²) in [4.78, 5) is 24.5. The highest BCUT2D eigenvalue weighted by molar-refractivity contribution is 7.08. The number of para-hydroxylation sites is 1. The normalized spacial score (nSPS) is 10.4. The molecular formula is C15H12FN5O3S. The Balaban J connectivity index is 1.48. The second kappa shape index (κ2) is 7.62. The zero-order valence-electron chi connectivity index (χ0n) is 12.8. The maximum Gasteiger partial charge on any atom is 0.330 e. The van der Waals surface area contributed by atoms with Gasteiger partial charge in [-0.25, -0.2) is 9.18 Å². The lowest BCUT2D eigenvalue weighted by Gasteiger charge is -2.06. The number of aromatic nitrogens is 4. The minimum absolute atomic E-state index is 0.0156. The van der Waals surface area contributed by atoms with Crippen LogP contribution in [0.3, 0.4) is 0 Å². The summed E-state index contributed by atoms with van der Waals surface area (Å²) in [5.74, 6) is -1.54. The molecule has 0 radical (unpaired) electrons. The van der Waals surface area contributed by atoms with Gasteiger partial charge in [-0.05, 0) is 28.8 Å². The van der Waals surface area contributed by atoms with Crippen molar-refractivity contribution in [2.24, 2.45) is 0 Å². The molecule has 1 amide bonds. The molecule has 8 nitrogen and oxygen atoms in total. The van der Waals surface area contributed by atoms with E-state index in [9.17, 15) is 14.0 Å². The summed E-state index contributed by atoms with van der Waals surface area (Å²) in [6, 6.07) is 7.52. The molecule has 0 bridgehead atoms. The van der Waals surface area contributed by atoms with Crippen LogP contribution in [0.2, 0.25) is 0 Å². The smallest absolute Gasteiger partial charge is 0.330 e. The number of nitrogens with zero attached hydrogens (tertiary/aromatic N) is 4. The maximum atomic E-state index is 13.4. The number of hydrogen-bond donors (Lipinski definition) is 1. The molecule has 0 aliphatic rings. The van der Waals surface area contributed by atoms with Crippen LogP contribution in [0.25, 0.3) is 11.4 Å². The minimum atomic E-state index is -0.710. The number of hydrogen-bond acceptors (Lipinski definition) is 7. The Morgan fingerprint density at radius 2 is 2.12 bits per heavy atom. The molecule has 0 saturated heterocycles. The lowest BCUT2D eigenvalue weighted by molar-refractivity contribution is -0.148. The lowest BCUT2D eigenvalue weighted by Crippen LogP contribution is -2.24. The van der Waals surface area contributed by atoms with Crippen LogP contribution in [0.4, 0.5) is 10.1 Å². The molecule has 0 atom stereocenters. The topological polar surface area (TPSA) is 99.0 Å². The molecule has 1 N–H and O–H groups in total. The van der Waals surface area contributed by atoms with E-state index in [2.05, 4.69) is 20.7 Å². The second-order valence-electron chi connectivity index (χ2n) is 4.84. The molecule has 3 aromatic rings. The van der Waals surface area contributed by atoms with Crippen molar-refractivity contribution >= 4 is 28.9 Å². The van der Waals surface area contributed by atoms with Crippen molar-refractivity contribution in [2.75, 3.05) is 11.9 Å². The van der Waals surface area contributed by atoms with Gasteiger partial charge in [0.25, 0.3) is 5.91 Å². The fourth-order valence-electron chi connectivity index (χ4n) is 1.87. The zero-order chi connectivity index (χ0) is 17.6. The maximum absolute atomic E-state index is 13.4. The summed E-state index contributed by atoms with van der Waals surface area (Å²) in [6.45, 7) is -0.830. The van der Waals surface area contributed by atoms with Gasteiger partial charge in [-0.2, -0.15) is 16.1 Å². The van der Waals surface area contributed by atoms with Gasteiger partial charge in [0.15, 0.2) is 13.2 Å². The Morgan fingerprint density at radius 3 is 2.88 bits per heavy atom. The Bertz CT molecular complexity index is 881. The first-order valence-corrected chi connectivity index (χ1v) is 8.06. The molecule has 2 heterocycles. The highest BCUT2D eigenvalue weighted by Gasteiger charge is 2.13. The zero-order valence-corrected chi connectivity index (χ0v) is 13.6. The fourth-order valence-corrected chi connectivity index (χ4v) is 2.51. The summed E-state index contributed by atoms with van der Waals surface area (Å²) < 4.78 is 18.2. The van der Waals surface area contributed by atoms with E-state index in [-0.39, 0.29) is 12.2 Å². The lowest BCUT2D eigenvalue weighted by atomic mass is 10.3. The van der Waals surface area contributed by atoms with Gasteiger partial charge >= 0.3 is 5.97 Å². The van der Waals surface area contributed by atoms with E-state index in [1.165, 1.54) is 29.5 Å². The number of rotatable bonds is 6. The third-order valence-electron chi connectivity index (χ3n) is 3.01. The minimum Gasteiger partial charge on any atom is -0.454 e. The van der Waals surface area contributed by atoms with Crippen LogP contribution in [0.5, 0.6) is 0 Å². The molecule has 0 spiro atoms. The molecule has 0 aliphatic heterocycles. The molecule has 10 heteroatoms. The molecule has 2 aromatic heterocycles. The molecule has 25 heavy (non-hydrogen) atoms. The highest BCUT2D eigenvalue weighted by atomic mass is 32.1. The van der Waals surface area contributed by atoms with Crippen LogP contribution in [-0.4, -0.2) is 38.7 Å². The van der Waals surface area contributed by atoms with Gasteiger partial charge in [0.2, 0.25) is 5.82 Å². The highest BCUT2D eigenvalue weighted by Crippen LogP contribution is 2.16. The second-order valence-corrected chi connectivity index (χ2v) is 5.62. The summed E-state index contributed by atoms with van der Waals surface area (Å²) in [5, 5.41) is 17.7. The number of esters is 1. The van der Waals surface area contributed by atoms with E-state index < -0.39 is 24.3 Å². The number of halogens is 1. The molecule has 0 aliphatic carbocycles. The standard InChI is InChI=1S/C15H12FN5O3S/c16-11-3-1-2-4-12(11)17-13(22)8-24-14(23)7-21-19-15(18-20-21)10-5-6-25-9-10/h1-6,9H,7-8H2,(H,17,22). The average Bonchev–Trinajstić information content (AvgIpc) is 3.26.